The SMILES string of the molecule is CC(N)CCCNC1CCN(C2CC2)C1. The van der Waals surface area contributed by atoms with Crippen molar-refractivity contribution in [1.29, 1.82) is 0 Å². The first-order valence-corrected chi connectivity index (χ1v) is 6.48. The number of hydrogen-bond acceptors (Lipinski definition) is 3. The summed E-state index contributed by atoms with van der Waals surface area (Å²) >= 11 is 0. The van der Waals surface area contributed by atoms with Gasteiger partial charge in [0, 0.05) is 31.2 Å². The van der Waals surface area contributed by atoms with Crippen LogP contribution in [0.4, 0.5) is 0 Å². The van der Waals surface area contributed by atoms with Gasteiger partial charge in [0.1, 0.15) is 0 Å². The molecule has 3 N–H and O–H groups in total. The Balaban J connectivity index is 1.52. The van der Waals surface area contributed by atoms with Crippen molar-refractivity contribution in [1.82, 2.24) is 10.2 Å². The van der Waals surface area contributed by atoms with Gasteiger partial charge >= 0.3 is 0 Å². The van der Waals surface area contributed by atoms with Crippen LogP contribution in [0.1, 0.15) is 39.0 Å². The summed E-state index contributed by atoms with van der Waals surface area (Å²) in [6, 6.07) is 2.05. The molecule has 2 fully saturated rings. The highest BCUT2D eigenvalue weighted by molar-refractivity contribution is 4.91. The summed E-state index contributed by atoms with van der Waals surface area (Å²) in [6.45, 7) is 5.83. The molecular weight excluding hydrogens is 186 g/mol. The van der Waals surface area contributed by atoms with Crippen LogP contribution in [0, 0.1) is 0 Å². The number of hydrogen-bond donors (Lipinski definition) is 2. The summed E-state index contributed by atoms with van der Waals surface area (Å²) in [5.41, 5.74) is 5.72. The Hall–Kier alpha value is -0.120. The molecule has 1 saturated heterocycles. The molecule has 88 valence electrons. The van der Waals surface area contributed by atoms with E-state index >= 15 is 0 Å². The van der Waals surface area contributed by atoms with Crippen LogP contribution in [0.25, 0.3) is 0 Å². The lowest BCUT2D eigenvalue weighted by molar-refractivity contribution is 0.317. The highest BCUT2D eigenvalue weighted by Gasteiger charge is 2.33. The van der Waals surface area contributed by atoms with Crippen LogP contribution in [-0.4, -0.2) is 42.7 Å². The molecular formula is C12H25N3. The van der Waals surface area contributed by atoms with Crippen LogP contribution < -0.4 is 11.1 Å². The first kappa shape index (κ1) is 11.4. The Bertz CT molecular complexity index is 189. The van der Waals surface area contributed by atoms with Crippen LogP contribution in [0.2, 0.25) is 0 Å². The lowest BCUT2D eigenvalue weighted by Gasteiger charge is -2.16. The average Bonchev–Trinajstić information content (AvgIpc) is 2.94. The average molecular weight is 211 g/mol. The molecule has 0 radical (unpaired) electrons. The van der Waals surface area contributed by atoms with Gasteiger partial charge in [0.05, 0.1) is 0 Å². The number of likely N-dealkylation sites (tertiary alicyclic amines) is 1. The molecule has 2 aliphatic rings. The van der Waals surface area contributed by atoms with Gasteiger partial charge in [-0.05, 0) is 45.6 Å². The van der Waals surface area contributed by atoms with E-state index in [2.05, 4.69) is 17.1 Å². The molecule has 1 heterocycles. The predicted molar refractivity (Wildman–Crippen MR) is 63.9 cm³/mol. The maximum absolute atomic E-state index is 5.72. The lowest BCUT2D eigenvalue weighted by atomic mass is 10.2. The summed E-state index contributed by atoms with van der Waals surface area (Å²) in [4.78, 5) is 2.66. The fourth-order valence-corrected chi connectivity index (χ4v) is 2.46. The van der Waals surface area contributed by atoms with Gasteiger partial charge in [0.25, 0.3) is 0 Å². The van der Waals surface area contributed by atoms with Gasteiger partial charge in [-0.25, -0.2) is 0 Å². The molecule has 2 rings (SSSR count). The Morgan fingerprint density at radius 3 is 2.87 bits per heavy atom. The van der Waals surface area contributed by atoms with E-state index in [0.29, 0.717) is 6.04 Å². The molecule has 0 aromatic rings. The smallest absolute Gasteiger partial charge is 0.0207 e. The van der Waals surface area contributed by atoms with E-state index in [1.165, 1.54) is 38.8 Å². The molecule has 0 bridgehead atoms. The molecule has 0 spiro atoms. The summed E-state index contributed by atoms with van der Waals surface area (Å²) in [5, 5.41) is 3.65. The summed E-state index contributed by atoms with van der Waals surface area (Å²) in [5.74, 6) is 0. The zero-order valence-corrected chi connectivity index (χ0v) is 9.91. The fourth-order valence-electron chi connectivity index (χ4n) is 2.46. The van der Waals surface area contributed by atoms with E-state index in [4.69, 9.17) is 5.73 Å². The Morgan fingerprint density at radius 1 is 1.40 bits per heavy atom. The number of nitrogens with two attached hydrogens (primary N) is 1. The van der Waals surface area contributed by atoms with Gasteiger partial charge in [0.15, 0.2) is 0 Å². The molecule has 2 atom stereocenters. The largest absolute Gasteiger partial charge is 0.328 e. The first-order chi connectivity index (χ1) is 7.25. The van der Waals surface area contributed by atoms with Crippen molar-refractivity contribution in [3.8, 4) is 0 Å². The monoisotopic (exact) mass is 211 g/mol. The molecule has 1 aliphatic carbocycles. The fraction of sp³-hybridized carbons (Fsp3) is 1.00. The van der Waals surface area contributed by atoms with Gasteiger partial charge in [-0.2, -0.15) is 0 Å². The van der Waals surface area contributed by atoms with Crippen LogP contribution in [0.15, 0.2) is 0 Å². The Morgan fingerprint density at radius 2 is 2.20 bits per heavy atom. The molecule has 1 saturated carbocycles. The van der Waals surface area contributed by atoms with Gasteiger partial charge < -0.3 is 11.1 Å². The summed E-state index contributed by atoms with van der Waals surface area (Å²) in [7, 11) is 0. The van der Waals surface area contributed by atoms with E-state index in [0.717, 1.165) is 25.0 Å². The van der Waals surface area contributed by atoms with Crippen molar-refractivity contribution in [2.45, 2.75) is 57.2 Å². The molecule has 3 heteroatoms. The normalized spacial score (nSPS) is 29.6. The topological polar surface area (TPSA) is 41.3 Å². The predicted octanol–water partition coefficient (Wildman–Crippen LogP) is 0.940. The zero-order valence-electron chi connectivity index (χ0n) is 9.91. The maximum Gasteiger partial charge on any atom is 0.0207 e. The van der Waals surface area contributed by atoms with Crippen molar-refractivity contribution in [3.63, 3.8) is 0 Å². The minimum Gasteiger partial charge on any atom is -0.328 e. The van der Waals surface area contributed by atoms with E-state index in [-0.39, 0.29) is 0 Å². The molecule has 0 aromatic heterocycles. The first-order valence-electron chi connectivity index (χ1n) is 6.48. The second-order valence-corrected chi connectivity index (χ2v) is 5.29. The third-order valence-electron chi connectivity index (χ3n) is 3.55. The molecule has 0 aromatic carbocycles. The second kappa shape index (κ2) is 5.28. The van der Waals surface area contributed by atoms with Crippen molar-refractivity contribution < 1.29 is 0 Å². The third-order valence-corrected chi connectivity index (χ3v) is 3.55. The van der Waals surface area contributed by atoms with Crippen LogP contribution in [0.5, 0.6) is 0 Å². The van der Waals surface area contributed by atoms with E-state index < -0.39 is 0 Å². The third kappa shape index (κ3) is 3.74. The highest BCUT2D eigenvalue weighted by Crippen LogP contribution is 2.29. The zero-order chi connectivity index (χ0) is 10.7. The standard InChI is InChI=1S/C12H25N3/c1-10(13)3-2-7-14-11-6-8-15(9-11)12-4-5-12/h10-12,14H,2-9,13H2,1H3. The van der Waals surface area contributed by atoms with Gasteiger partial charge in [-0.3, -0.25) is 4.90 Å². The summed E-state index contributed by atoms with van der Waals surface area (Å²) in [6.07, 6.45) is 6.59. The second-order valence-electron chi connectivity index (χ2n) is 5.29. The number of nitrogens with zero attached hydrogens (tertiary/aromatic N) is 1. The van der Waals surface area contributed by atoms with Crippen LogP contribution >= 0.6 is 0 Å². The molecule has 15 heavy (non-hydrogen) atoms. The van der Waals surface area contributed by atoms with Crippen molar-refractivity contribution in [2.75, 3.05) is 19.6 Å². The van der Waals surface area contributed by atoms with Crippen molar-refractivity contribution >= 4 is 0 Å². The molecule has 2 unspecified atom stereocenters. The lowest BCUT2D eigenvalue weighted by Crippen LogP contribution is -2.34. The minimum absolute atomic E-state index is 0.360. The van der Waals surface area contributed by atoms with Crippen molar-refractivity contribution in [3.05, 3.63) is 0 Å². The van der Waals surface area contributed by atoms with E-state index in [9.17, 15) is 0 Å². The van der Waals surface area contributed by atoms with Crippen molar-refractivity contribution in [2.24, 2.45) is 5.73 Å². The quantitative estimate of drug-likeness (QED) is 0.643. The molecule has 0 amide bonds. The number of nitrogens with one attached hydrogen (secondary N) is 1. The van der Waals surface area contributed by atoms with Gasteiger partial charge in [0.2, 0.25) is 0 Å². The van der Waals surface area contributed by atoms with Gasteiger partial charge in [-0.1, -0.05) is 0 Å². The van der Waals surface area contributed by atoms with E-state index in [1.54, 1.807) is 0 Å². The Labute approximate surface area is 93.4 Å². The van der Waals surface area contributed by atoms with E-state index in [1.807, 2.05) is 0 Å². The molecule has 3 nitrogen and oxygen atoms in total. The minimum atomic E-state index is 0.360. The van der Waals surface area contributed by atoms with Crippen LogP contribution in [-0.2, 0) is 0 Å². The van der Waals surface area contributed by atoms with Gasteiger partial charge in [-0.15, -0.1) is 0 Å². The highest BCUT2D eigenvalue weighted by atomic mass is 15.2. The molecule has 1 aliphatic heterocycles. The summed E-state index contributed by atoms with van der Waals surface area (Å²) < 4.78 is 0. The van der Waals surface area contributed by atoms with Crippen LogP contribution in [0.3, 0.4) is 0 Å². The number of rotatable bonds is 6. The Kier molecular flexibility index (Phi) is 4.00. The maximum atomic E-state index is 5.72.